The van der Waals surface area contributed by atoms with Crippen molar-refractivity contribution in [2.75, 3.05) is 0 Å². The maximum absolute atomic E-state index is 10.1. The van der Waals surface area contributed by atoms with E-state index in [0.29, 0.717) is 11.8 Å². The predicted molar refractivity (Wildman–Crippen MR) is 33.5 cm³/mol. The second-order valence-corrected chi connectivity index (χ2v) is 1.68. The van der Waals surface area contributed by atoms with Crippen molar-refractivity contribution in [3.05, 3.63) is 29.8 Å². The largest absolute Gasteiger partial charge is 0.507 e. The second-order valence-electron chi connectivity index (χ2n) is 1.68. The molecule has 0 saturated carbocycles. The second kappa shape index (κ2) is 4.81. The Balaban J connectivity index is 0.000000810. The van der Waals surface area contributed by atoms with E-state index in [2.05, 4.69) is 0 Å². The minimum atomic E-state index is 0. The molecule has 3 heteroatoms. The first-order valence-electron chi connectivity index (χ1n) is 2.58. The number of hydrogen-bond donors (Lipinski definition) is 1. The van der Waals surface area contributed by atoms with E-state index in [1.165, 1.54) is 6.07 Å². The Morgan fingerprint density at radius 3 is 2.30 bits per heavy atom. The number of carbonyl (C=O) groups is 1. The first-order valence-corrected chi connectivity index (χ1v) is 2.58. The van der Waals surface area contributed by atoms with Gasteiger partial charge in [-0.3, -0.25) is 4.79 Å². The summed E-state index contributed by atoms with van der Waals surface area (Å²) in [6, 6.07) is 6.40. The van der Waals surface area contributed by atoms with Crippen LogP contribution in [0.15, 0.2) is 24.3 Å². The minimum Gasteiger partial charge on any atom is -0.507 e. The number of phenols is 1. The first kappa shape index (κ1) is 10.1. The molecule has 0 unspecified atom stereocenters. The van der Waals surface area contributed by atoms with Crippen LogP contribution in [0.25, 0.3) is 0 Å². The van der Waals surface area contributed by atoms with E-state index < -0.39 is 0 Å². The maximum atomic E-state index is 10.1. The Kier molecular flexibility index (Phi) is 4.83. The molecule has 0 aliphatic rings. The Bertz CT molecular complexity index is 223. The molecule has 1 N–H and O–H groups in total. The van der Waals surface area contributed by atoms with Crippen molar-refractivity contribution in [1.29, 1.82) is 0 Å². The molecule has 1 aromatic rings. The summed E-state index contributed by atoms with van der Waals surface area (Å²) in [5.74, 6) is 0.0347. The van der Waals surface area contributed by atoms with Crippen LogP contribution in [-0.2, 0) is 0 Å². The Morgan fingerprint density at radius 1 is 1.30 bits per heavy atom. The van der Waals surface area contributed by atoms with Crippen LogP contribution < -0.4 is 0 Å². The van der Waals surface area contributed by atoms with Crippen LogP contribution in [0, 0.1) is 41.3 Å². The topological polar surface area (TPSA) is 37.3 Å². The van der Waals surface area contributed by atoms with Crippen LogP contribution in [0.4, 0.5) is 0 Å². The Morgan fingerprint density at radius 2 is 1.90 bits per heavy atom. The molecular weight excluding hydrogens is 257 g/mol. The van der Waals surface area contributed by atoms with E-state index >= 15 is 0 Å². The normalized spacial score (nSPS) is 8.00. The van der Waals surface area contributed by atoms with E-state index in [4.69, 9.17) is 5.11 Å². The number of phenolic OH excluding ortho intramolecular Hbond substituents is 1. The summed E-state index contributed by atoms with van der Waals surface area (Å²) in [4.78, 5) is 10.1. The zero-order valence-electron chi connectivity index (χ0n) is 5.32. The molecule has 0 heterocycles. The summed E-state index contributed by atoms with van der Waals surface area (Å²) >= 11 is 0. The molecule has 0 bridgehead atoms. The minimum absolute atomic E-state index is 0. The monoisotopic (exact) mass is 263 g/mol. The standard InChI is InChI=1S/C7H6O2.Pr/c8-5-6-3-1-2-4-7(6)9;/h1-5,9H;. The molecule has 0 saturated heterocycles. The SMILES string of the molecule is O=Cc1ccccc1O.[Pr]. The fourth-order valence-corrected chi connectivity index (χ4v) is 0.587. The van der Waals surface area contributed by atoms with Gasteiger partial charge in [-0.05, 0) is 12.1 Å². The van der Waals surface area contributed by atoms with Crippen LogP contribution in [-0.4, -0.2) is 11.4 Å². The van der Waals surface area contributed by atoms with Crippen molar-refractivity contribution < 1.29 is 51.2 Å². The van der Waals surface area contributed by atoms with Crippen LogP contribution in [0.5, 0.6) is 5.75 Å². The zero-order chi connectivity index (χ0) is 6.69. The van der Waals surface area contributed by atoms with E-state index in [1.807, 2.05) is 0 Å². The van der Waals surface area contributed by atoms with Crippen molar-refractivity contribution in [2.45, 2.75) is 0 Å². The maximum Gasteiger partial charge on any atom is 0.153 e. The van der Waals surface area contributed by atoms with E-state index in [1.54, 1.807) is 18.2 Å². The quantitative estimate of drug-likeness (QED) is 0.773. The third-order valence-electron chi connectivity index (χ3n) is 1.06. The third-order valence-corrected chi connectivity index (χ3v) is 1.06. The molecule has 1 radical (unpaired) electrons. The van der Waals surface area contributed by atoms with Crippen molar-refractivity contribution in [1.82, 2.24) is 0 Å². The first-order chi connectivity index (χ1) is 4.34. The predicted octanol–water partition coefficient (Wildman–Crippen LogP) is 1.20. The van der Waals surface area contributed by atoms with E-state index in [-0.39, 0.29) is 47.0 Å². The van der Waals surface area contributed by atoms with Crippen LogP contribution >= 0.6 is 0 Å². The Hall–Kier alpha value is 0.0536. The van der Waals surface area contributed by atoms with Crippen molar-refractivity contribution in [2.24, 2.45) is 0 Å². The summed E-state index contributed by atoms with van der Waals surface area (Å²) in [6.45, 7) is 0. The van der Waals surface area contributed by atoms with Crippen molar-refractivity contribution in [3.63, 3.8) is 0 Å². The zero-order valence-corrected chi connectivity index (χ0v) is 9.02. The van der Waals surface area contributed by atoms with Gasteiger partial charge in [0.1, 0.15) is 5.75 Å². The fraction of sp³-hybridized carbons (Fsp3) is 0. The molecule has 2 nitrogen and oxygen atoms in total. The molecule has 10 heavy (non-hydrogen) atoms. The van der Waals surface area contributed by atoms with Gasteiger partial charge in [0.25, 0.3) is 0 Å². The molecule has 1 aromatic carbocycles. The van der Waals surface area contributed by atoms with Crippen molar-refractivity contribution >= 4 is 6.29 Å². The Labute approximate surface area is 92.2 Å². The molecule has 0 atom stereocenters. The number of carbonyl (C=O) groups excluding carboxylic acids is 1. The fourth-order valence-electron chi connectivity index (χ4n) is 0.587. The van der Waals surface area contributed by atoms with Gasteiger partial charge in [0.2, 0.25) is 0 Å². The van der Waals surface area contributed by atoms with Gasteiger partial charge in [0.15, 0.2) is 6.29 Å². The summed E-state index contributed by atoms with van der Waals surface area (Å²) in [6.07, 6.45) is 0.620. The number of aldehydes is 1. The third kappa shape index (κ3) is 2.35. The van der Waals surface area contributed by atoms with Crippen molar-refractivity contribution in [3.8, 4) is 5.75 Å². The average molecular weight is 263 g/mol. The van der Waals surface area contributed by atoms with Crippen LogP contribution in [0.1, 0.15) is 10.4 Å². The summed E-state index contributed by atoms with van der Waals surface area (Å²) in [5.41, 5.74) is 0.331. The molecular formula is C7H6O2Pr. The van der Waals surface area contributed by atoms with Gasteiger partial charge in [-0.2, -0.15) is 0 Å². The van der Waals surface area contributed by atoms with Gasteiger partial charge < -0.3 is 5.11 Å². The smallest absolute Gasteiger partial charge is 0.153 e. The molecule has 0 fully saturated rings. The molecule has 0 aliphatic heterocycles. The number of aromatic hydroxyl groups is 1. The summed E-state index contributed by atoms with van der Waals surface area (Å²) in [5, 5.41) is 8.88. The molecule has 0 spiro atoms. The van der Waals surface area contributed by atoms with Crippen LogP contribution in [0.2, 0.25) is 0 Å². The van der Waals surface area contributed by atoms with E-state index in [9.17, 15) is 4.79 Å². The number of hydrogen-bond acceptors (Lipinski definition) is 2. The van der Waals surface area contributed by atoms with Gasteiger partial charge >= 0.3 is 0 Å². The van der Waals surface area contributed by atoms with Gasteiger partial charge in [0.05, 0.1) is 5.56 Å². The van der Waals surface area contributed by atoms with Gasteiger partial charge in [0, 0.05) is 41.3 Å². The van der Waals surface area contributed by atoms with Crippen LogP contribution in [0.3, 0.4) is 0 Å². The molecule has 49 valence electrons. The molecule has 0 aliphatic carbocycles. The van der Waals surface area contributed by atoms with Gasteiger partial charge in [-0.15, -0.1) is 0 Å². The molecule has 0 amide bonds. The molecule has 1 rings (SSSR count). The molecule has 0 aromatic heterocycles. The average Bonchev–Trinajstić information content (AvgIpc) is 1.89. The number of para-hydroxylation sites is 1. The number of benzene rings is 1. The van der Waals surface area contributed by atoms with E-state index in [0.717, 1.165) is 0 Å². The summed E-state index contributed by atoms with van der Waals surface area (Å²) in [7, 11) is 0. The number of rotatable bonds is 1. The van der Waals surface area contributed by atoms with Gasteiger partial charge in [-0.1, -0.05) is 12.1 Å². The van der Waals surface area contributed by atoms with Gasteiger partial charge in [-0.25, -0.2) is 0 Å². The summed E-state index contributed by atoms with van der Waals surface area (Å²) < 4.78 is 0.